The lowest BCUT2D eigenvalue weighted by molar-refractivity contribution is -0.121. The molecule has 2 bridgehead atoms. The molecule has 0 aliphatic heterocycles. The van der Waals surface area contributed by atoms with Crippen LogP contribution in [0.25, 0.3) is 0 Å². The summed E-state index contributed by atoms with van der Waals surface area (Å²) in [7, 11) is 0. The fraction of sp³-hybridized carbons (Fsp3) is 0.500. The number of benzene rings is 1. The number of anilines is 1. The van der Waals surface area contributed by atoms with Gasteiger partial charge in [-0.05, 0) is 65.2 Å². The van der Waals surface area contributed by atoms with E-state index in [0.29, 0.717) is 11.8 Å². The molecule has 3 N–H and O–H groups in total. The summed E-state index contributed by atoms with van der Waals surface area (Å²) in [6.45, 7) is 0. The second-order valence-corrected chi connectivity index (χ2v) is 7.32. The van der Waals surface area contributed by atoms with Gasteiger partial charge in [-0.25, -0.2) is 0 Å². The molecule has 0 spiro atoms. The number of fused-ring (bicyclic) bond motifs is 2. The van der Waals surface area contributed by atoms with Crippen molar-refractivity contribution in [2.45, 2.75) is 25.3 Å². The number of halogens is 2. The minimum atomic E-state index is -0.0235. The Kier molecular flexibility index (Phi) is 3.71. The normalized spacial score (nSPS) is 32.6. The lowest BCUT2D eigenvalue weighted by Gasteiger charge is -2.27. The highest BCUT2D eigenvalue weighted by Gasteiger charge is 2.49. The predicted octanol–water partition coefficient (Wildman–Crippen LogP) is 3.52. The van der Waals surface area contributed by atoms with Crippen LogP contribution in [0.2, 0.25) is 0 Å². The monoisotopic (exact) mass is 386 g/mol. The fourth-order valence-corrected chi connectivity index (χ4v) is 4.24. The first-order valence-corrected chi connectivity index (χ1v) is 8.16. The zero-order chi connectivity index (χ0) is 13.6. The standard InChI is InChI=1S/C14H16Br2N2O/c15-9-3-4-10(16)11(6-9)18-14(19)12-7-1-2-8(5-7)13(12)17/h3-4,6-8,12-13H,1-2,5,17H2,(H,18,19). The van der Waals surface area contributed by atoms with E-state index in [9.17, 15) is 4.79 Å². The molecule has 2 aliphatic rings. The maximum absolute atomic E-state index is 12.5. The van der Waals surface area contributed by atoms with Gasteiger partial charge in [0.2, 0.25) is 5.91 Å². The Morgan fingerprint density at radius 3 is 2.68 bits per heavy atom. The number of carbonyl (C=O) groups is 1. The van der Waals surface area contributed by atoms with Crippen LogP contribution < -0.4 is 11.1 Å². The summed E-state index contributed by atoms with van der Waals surface area (Å²) >= 11 is 6.87. The van der Waals surface area contributed by atoms with Crippen molar-refractivity contribution >= 4 is 43.5 Å². The Labute approximate surface area is 129 Å². The van der Waals surface area contributed by atoms with Gasteiger partial charge >= 0.3 is 0 Å². The van der Waals surface area contributed by atoms with Gasteiger partial charge < -0.3 is 11.1 Å². The van der Waals surface area contributed by atoms with Crippen molar-refractivity contribution in [3.05, 3.63) is 27.1 Å². The molecule has 2 aliphatic carbocycles. The molecule has 4 unspecified atom stereocenters. The number of nitrogens with two attached hydrogens (primary N) is 1. The third-order valence-corrected chi connectivity index (χ3v) is 5.65. The number of hydrogen-bond acceptors (Lipinski definition) is 2. The summed E-state index contributed by atoms with van der Waals surface area (Å²) in [5.74, 6) is 1.07. The van der Waals surface area contributed by atoms with Crippen LogP contribution in [0, 0.1) is 17.8 Å². The number of amides is 1. The molecule has 19 heavy (non-hydrogen) atoms. The molecule has 1 amide bonds. The fourth-order valence-electron chi connectivity index (χ4n) is 3.53. The van der Waals surface area contributed by atoms with Crippen LogP contribution in [-0.2, 0) is 4.79 Å². The first kappa shape index (κ1) is 13.6. The smallest absolute Gasteiger partial charge is 0.229 e. The molecule has 102 valence electrons. The van der Waals surface area contributed by atoms with Crippen molar-refractivity contribution < 1.29 is 4.79 Å². The lowest BCUT2D eigenvalue weighted by Crippen LogP contribution is -2.42. The summed E-state index contributed by atoms with van der Waals surface area (Å²) in [4.78, 5) is 12.5. The molecule has 3 nitrogen and oxygen atoms in total. The summed E-state index contributed by atoms with van der Waals surface area (Å²) in [5.41, 5.74) is 7.01. The number of rotatable bonds is 2. The average Bonchev–Trinajstić information content (AvgIpc) is 2.94. The van der Waals surface area contributed by atoms with Crippen molar-refractivity contribution in [3.8, 4) is 0 Å². The van der Waals surface area contributed by atoms with Crippen molar-refractivity contribution in [2.24, 2.45) is 23.5 Å². The maximum Gasteiger partial charge on any atom is 0.229 e. The van der Waals surface area contributed by atoms with Gasteiger partial charge in [0.25, 0.3) is 0 Å². The van der Waals surface area contributed by atoms with Crippen LogP contribution in [-0.4, -0.2) is 11.9 Å². The zero-order valence-corrected chi connectivity index (χ0v) is 13.6. The molecule has 2 saturated carbocycles. The van der Waals surface area contributed by atoms with Crippen molar-refractivity contribution in [2.75, 3.05) is 5.32 Å². The molecular formula is C14H16Br2N2O. The topological polar surface area (TPSA) is 55.1 Å². The molecular weight excluding hydrogens is 372 g/mol. The molecule has 1 aromatic carbocycles. The van der Waals surface area contributed by atoms with Crippen molar-refractivity contribution in [3.63, 3.8) is 0 Å². The van der Waals surface area contributed by atoms with E-state index in [1.807, 2.05) is 18.2 Å². The molecule has 0 aromatic heterocycles. The summed E-state index contributed by atoms with van der Waals surface area (Å²) in [6.07, 6.45) is 3.46. The number of hydrogen-bond donors (Lipinski definition) is 2. The SMILES string of the molecule is NC1C2CCC(C2)C1C(=O)Nc1cc(Br)ccc1Br. The second kappa shape index (κ2) is 5.19. The van der Waals surface area contributed by atoms with Crippen molar-refractivity contribution in [1.82, 2.24) is 0 Å². The van der Waals surface area contributed by atoms with Gasteiger partial charge in [-0.2, -0.15) is 0 Å². The average molecular weight is 388 g/mol. The molecule has 0 heterocycles. The van der Waals surface area contributed by atoms with E-state index in [0.717, 1.165) is 27.5 Å². The van der Waals surface area contributed by atoms with Gasteiger partial charge in [-0.1, -0.05) is 15.9 Å². The Morgan fingerprint density at radius 1 is 1.26 bits per heavy atom. The molecule has 2 fully saturated rings. The summed E-state index contributed by atoms with van der Waals surface area (Å²) in [5, 5.41) is 3.01. The molecule has 3 rings (SSSR count). The lowest BCUT2D eigenvalue weighted by atomic mass is 9.84. The van der Waals surface area contributed by atoms with Crippen LogP contribution in [0.3, 0.4) is 0 Å². The van der Waals surface area contributed by atoms with Gasteiger partial charge in [-0.3, -0.25) is 4.79 Å². The van der Waals surface area contributed by atoms with Crippen LogP contribution in [0.1, 0.15) is 19.3 Å². The highest BCUT2D eigenvalue weighted by atomic mass is 79.9. The highest BCUT2D eigenvalue weighted by molar-refractivity contribution is 9.11. The minimum absolute atomic E-state index is 0.0235. The minimum Gasteiger partial charge on any atom is -0.327 e. The van der Waals surface area contributed by atoms with Crippen LogP contribution in [0.5, 0.6) is 0 Å². The van der Waals surface area contributed by atoms with E-state index in [1.165, 1.54) is 6.42 Å². The van der Waals surface area contributed by atoms with E-state index >= 15 is 0 Å². The van der Waals surface area contributed by atoms with E-state index in [1.54, 1.807) is 0 Å². The second-order valence-electron chi connectivity index (χ2n) is 5.55. The Hall–Kier alpha value is -0.390. The van der Waals surface area contributed by atoms with E-state index < -0.39 is 0 Å². The van der Waals surface area contributed by atoms with Gasteiger partial charge in [-0.15, -0.1) is 0 Å². The maximum atomic E-state index is 12.5. The summed E-state index contributed by atoms with van der Waals surface area (Å²) < 4.78 is 1.84. The Morgan fingerprint density at radius 2 is 2.00 bits per heavy atom. The Bertz CT molecular complexity index is 518. The first-order chi connectivity index (χ1) is 9.06. The van der Waals surface area contributed by atoms with E-state index in [2.05, 4.69) is 37.2 Å². The van der Waals surface area contributed by atoms with Gasteiger partial charge in [0.1, 0.15) is 0 Å². The van der Waals surface area contributed by atoms with Gasteiger partial charge in [0, 0.05) is 15.0 Å². The van der Waals surface area contributed by atoms with Gasteiger partial charge in [0.15, 0.2) is 0 Å². The predicted molar refractivity (Wildman–Crippen MR) is 82.8 cm³/mol. The quantitative estimate of drug-likeness (QED) is 0.815. The third kappa shape index (κ3) is 2.48. The zero-order valence-electron chi connectivity index (χ0n) is 10.4. The van der Waals surface area contributed by atoms with Crippen LogP contribution in [0.15, 0.2) is 27.1 Å². The molecule has 4 atom stereocenters. The highest BCUT2D eigenvalue weighted by Crippen LogP contribution is 2.48. The molecule has 5 heteroatoms. The molecule has 0 saturated heterocycles. The number of nitrogens with one attached hydrogen (secondary N) is 1. The third-order valence-electron chi connectivity index (χ3n) is 4.47. The van der Waals surface area contributed by atoms with Crippen molar-refractivity contribution in [1.29, 1.82) is 0 Å². The first-order valence-electron chi connectivity index (χ1n) is 6.58. The summed E-state index contributed by atoms with van der Waals surface area (Å²) in [6, 6.07) is 5.79. The Balaban J connectivity index is 1.77. The van der Waals surface area contributed by atoms with Crippen LogP contribution >= 0.6 is 31.9 Å². The van der Waals surface area contributed by atoms with E-state index in [-0.39, 0.29) is 17.9 Å². The number of carbonyl (C=O) groups excluding carboxylic acids is 1. The van der Waals surface area contributed by atoms with Crippen LogP contribution in [0.4, 0.5) is 5.69 Å². The largest absolute Gasteiger partial charge is 0.327 e. The molecule has 1 aromatic rings. The van der Waals surface area contributed by atoms with Gasteiger partial charge in [0.05, 0.1) is 11.6 Å². The molecule has 0 radical (unpaired) electrons. The van der Waals surface area contributed by atoms with E-state index in [4.69, 9.17) is 5.73 Å².